The number of aryl methyl sites for hydroxylation is 2. The molecule has 0 radical (unpaired) electrons. The van der Waals surface area contributed by atoms with Gasteiger partial charge in [-0.1, -0.05) is 18.2 Å². The normalized spacial score (nSPS) is 13.8. The molecule has 2 heterocycles. The fourth-order valence-electron chi connectivity index (χ4n) is 3.28. The van der Waals surface area contributed by atoms with Crippen LogP contribution in [0.25, 0.3) is 27.9 Å². The van der Waals surface area contributed by atoms with E-state index in [-0.39, 0.29) is 0 Å². The molecule has 0 unspecified atom stereocenters. The Labute approximate surface area is 112 Å². The molecule has 19 heavy (non-hydrogen) atoms. The molecule has 3 aromatic rings. The molecule has 0 saturated carbocycles. The van der Waals surface area contributed by atoms with Gasteiger partial charge >= 0.3 is 0 Å². The van der Waals surface area contributed by atoms with Gasteiger partial charge in [0, 0.05) is 22.8 Å². The molecule has 2 N–H and O–H groups in total. The summed E-state index contributed by atoms with van der Waals surface area (Å²) in [7, 11) is 0. The first-order valence-electron chi connectivity index (χ1n) is 6.70. The molecule has 0 bridgehead atoms. The van der Waals surface area contributed by atoms with Crippen molar-refractivity contribution in [2.45, 2.75) is 20.4 Å². The van der Waals surface area contributed by atoms with Crippen molar-refractivity contribution in [2.24, 2.45) is 0 Å². The van der Waals surface area contributed by atoms with Crippen LogP contribution < -0.4 is 5.32 Å². The van der Waals surface area contributed by atoms with Crippen LogP contribution in [0.1, 0.15) is 22.3 Å². The Bertz CT molecular complexity index is 837. The molecule has 0 saturated heterocycles. The van der Waals surface area contributed by atoms with Gasteiger partial charge in [0.1, 0.15) is 0 Å². The van der Waals surface area contributed by atoms with Crippen LogP contribution in [0.3, 0.4) is 0 Å². The fraction of sp³-hybridized carbons (Fsp3) is 0.176. The number of nitrogens with one attached hydrogen (secondary N) is 2. The summed E-state index contributed by atoms with van der Waals surface area (Å²) in [5.74, 6) is 0. The van der Waals surface area contributed by atoms with Gasteiger partial charge in [-0.2, -0.15) is 0 Å². The van der Waals surface area contributed by atoms with E-state index in [0.717, 1.165) is 6.54 Å². The molecule has 0 spiro atoms. The molecule has 2 aromatic carbocycles. The smallest absolute Gasteiger partial charge is 0.0503 e. The lowest BCUT2D eigenvalue weighted by Gasteiger charge is -2.18. The summed E-state index contributed by atoms with van der Waals surface area (Å²) in [6.45, 7) is 5.38. The van der Waals surface area contributed by atoms with Crippen molar-refractivity contribution in [2.75, 3.05) is 0 Å². The van der Waals surface area contributed by atoms with E-state index < -0.39 is 0 Å². The molecule has 2 nitrogen and oxygen atoms in total. The van der Waals surface area contributed by atoms with E-state index >= 15 is 0 Å². The maximum atomic E-state index is 3.58. The number of aromatic nitrogens is 1. The number of fused-ring (bicyclic) bond motifs is 4. The van der Waals surface area contributed by atoms with E-state index in [1.165, 1.54) is 44.1 Å². The third-order valence-corrected chi connectivity index (χ3v) is 4.28. The van der Waals surface area contributed by atoms with Gasteiger partial charge < -0.3 is 10.3 Å². The van der Waals surface area contributed by atoms with Crippen LogP contribution in [-0.4, -0.2) is 4.98 Å². The Morgan fingerprint density at radius 3 is 2.79 bits per heavy atom. The van der Waals surface area contributed by atoms with Crippen molar-refractivity contribution in [3.63, 3.8) is 0 Å². The SMILES string of the molecule is Cc1c2c(c(C)c3c1[nH]c1ccccc13)CNC=C2. The summed E-state index contributed by atoms with van der Waals surface area (Å²) in [4.78, 5) is 3.58. The number of aromatic amines is 1. The van der Waals surface area contributed by atoms with Gasteiger partial charge in [0.15, 0.2) is 0 Å². The van der Waals surface area contributed by atoms with Crippen LogP contribution in [0.5, 0.6) is 0 Å². The molecule has 94 valence electrons. The van der Waals surface area contributed by atoms with E-state index in [9.17, 15) is 0 Å². The van der Waals surface area contributed by atoms with E-state index in [0.29, 0.717) is 0 Å². The molecule has 1 aliphatic rings. The molecule has 4 rings (SSSR count). The number of benzene rings is 2. The summed E-state index contributed by atoms with van der Waals surface area (Å²) in [6.07, 6.45) is 4.23. The largest absolute Gasteiger partial charge is 0.387 e. The zero-order chi connectivity index (χ0) is 13.0. The van der Waals surface area contributed by atoms with Gasteiger partial charge in [-0.3, -0.25) is 0 Å². The number of hydrogen-bond donors (Lipinski definition) is 2. The van der Waals surface area contributed by atoms with E-state index in [4.69, 9.17) is 0 Å². The lowest BCUT2D eigenvalue weighted by atomic mass is 9.91. The van der Waals surface area contributed by atoms with Crippen LogP contribution in [0.4, 0.5) is 0 Å². The second-order valence-corrected chi connectivity index (χ2v) is 5.28. The molecule has 0 aliphatic carbocycles. The molecule has 0 amide bonds. The highest BCUT2D eigenvalue weighted by atomic mass is 14.8. The molecular weight excluding hydrogens is 232 g/mol. The predicted octanol–water partition coefficient (Wildman–Crippen LogP) is 4.01. The number of rotatable bonds is 0. The Hall–Kier alpha value is -2.22. The average Bonchev–Trinajstić information content (AvgIpc) is 2.84. The fourth-order valence-corrected chi connectivity index (χ4v) is 3.28. The van der Waals surface area contributed by atoms with E-state index in [1.807, 2.05) is 6.20 Å². The summed E-state index contributed by atoms with van der Waals surface area (Å²) in [6, 6.07) is 8.56. The van der Waals surface area contributed by atoms with Crippen molar-refractivity contribution in [1.29, 1.82) is 0 Å². The summed E-state index contributed by atoms with van der Waals surface area (Å²) in [5.41, 5.74) is 8.05. The third kappa shape index (κ3) is 1.31. The monoisotopic (exact) mass is 248 g/mol. The Balaban J connectivity index is 2.28. The first-order valence-corrected chi connectivity index (χ1v) is 6.70. The standard InChI is InChI=1S/C17H16N2/c1-10-14-9-18-8-7-12(14)11(2)17-16(10)13-5-3-4-6-15(13)19-17/h3-8,18-19H,9H2,1-2H3. The second kappa shape index (κ2) is 3.64. The minimum Gasteiger partial charge on any atom is -0.387 e. The summed E-state index contributed by atoms with van der Waals surface area (Å²) >= 11 is 0. The van der Waals surface area contributed by atoms with Gasteiger partial charge in [0.25, 0.3) is 0 Å². The van der Waals surface area contributed by atoms with Crippen LogP contribution in [-0.2, 0) is 6.54 Å². The second-order valence-electron chi connectivity index (χ2n) is 5.28. The van der Waals surface area contributed by atoms with E-state index in [2.05, 4.69) is 54.5 Å². The maximum Gasteiger partial charge on any atom is 0.0503 e. The van der Waals surface area contributed by atoms with Crippen LogP contribution >= 0.6 is 0 Å². The highest BCUT2D eigenvalue weighted by Gasteiger charge is 2.17. The molecule has 2 heteroatoms. The molecule has 0 atom stereocenters. The number of H-pyrrole nitrogens is 1. The molecule has 1 aromatic heterocycles. The zero-order valence-electron chi connectivity index (χ0n) is 11.2. The summed E-state index contributed by atoms with van der Waals surface area (Å²) < 4.78 is 0. The van der Waals surface area contributed by atoms with Gasteiger partial charge in [-0.15, -0.1) is 0 Å². The molecule has 1 aliphatic heterocycles. The lowest BCUT2D eigenvalue weighted by molar-refractivity contribution is 0.851. The first kappa shape index (κ1) is 10.7. The van der Waals surface area contributed by atoms with Crippen molar-refractivity contribution >= 4 is 27.9 Å². The van der Waals surface area contributed by atoms with Crippen molar-refractivity contribution in [1.82, 2.24) is 10.3 Å². The van der Waals surface area contributed by atoms with E-state index in [1.54, 1.807) is 0 Å². The quantitative estimate of drug-likeness (QED) is 0.618. The van der Waals surface area contributed by atoms with Crippen molar-refractivity contribution in [3.05, 3.63) is 52.7 Å². The van der Waals surface area contributed by atoms with Gasteiger partial charge in [0.2, 0.25) is 0 Å². The zero-order valence-corrected chi connectivity index (χ0v) is 11.2. The molecule has 0 fully saturated rings. The Kier molecular flexibility index (Phi) is 2.05. The van der Waals surface area contributed by atoms with Crippen LogP contribution in [0, 0.1) is 13.8 Å². The first-order chi connectivity index (χ1) is 9.27. The topological polar surface area (TPSA) is 27.8 Å². The predicted molar refractivity (Wildman–Crippen MR) is 81.2 cm³/mol. The third-order valence-electron chi connectivity index (χ3n) is 4.28. The minimum absolute atomic E-state index is 0.925. The van der Waals surface area contributed by atoms with Gasteiger partial charge in [-0.05, 0) is 54.4 Å². The van der Waals surface area contributed by atoms with Gasteiger partial charge in [0.05, 0.1) is 5.52 Å². The highest BCUT2D eigenvalue weighted by Crippen LogP contribution is 2.36. The van der Waals surface area contributed by atoms with Crippen molar-refractivity contribution in [3.8, 4) is 0 Å². The molecular formula is C17H16N2. The minimum atomic E-state index is 0.925. The lowest BCUT2D eigenvalue weighted by Crippen LogP contribution is -2.13. The average molecular weight is 248 g/mol. The van der Waals surface area contributed by atoms with Crippen LogP contribution in [0.15, 0.2) is 30.5 Å². The number of hydrogen-bond acceptors (Lipinski definition) is 1. The Morgan fingerprint density at radius 2 is 1.89 bits per heavy atom. The van der Waals surface area contributed by atoms with Gasteiger partial charge in [-0.25, -0.2) is 0 Å². The summed E-state index contributed by atoms with van der Waals surface area (Å²) in [5, 5.41) is 6.03. The Morgan fingerprint density at radius 1 is 1.05 bits per heavy atom. The van der Waals surface area contributed by atoms with Crippen LogP contribution in [0.2, 0.25) is 0 Å². The maximum absolute atomic E-state index is 3.58. The van der Waals surface area contributed by atoms with Crippen molar-refractivity contribution < 1.29 is 0 Å². The number of para-hydroxylation sites is 1. The highest BCUT2D eigenvalue weighted by molar-refractivity contribution is 6.11.